The van der Waals surface area contributed by atoms with E-state index in [4.69, 9.17) is 16.7 Å². The number of anilines is 1. The summed E-state index contributed by atoms with van der Waals surface area (Å²) in [5, 5.41) is 13.1. The molecule has 76 valence electrons. The molecule has 0 amide bonds. The van der Waals surface area contributed by atoms with E-state index in [1.165, 1.54) is 0 Å². The zero-order valence-electron chi connectivity index (χ0n) is 7.56. The van der Waals surface area contributed by atoms with Crippen LogP contribution < -0.4 is 5.32 Å². The van der Waals surface area contributed by atoms with E-state index >= 15 is 0 Å². The SMILES string of the molecule is OCC1(Nc2ccc(Cl)c(Br)c2)CC1. The summed E-state index contributed by atoms with van der Waals surface area (Å²) < 4.78 is 0.873. The van der Waals surface area contributed by atoms with Crippen LogP contribution in [0.25, 0.3) is 0 Å². The third-order valence-electron chi connectivity index (χ3n) is 2.49. The van der Waals surface area contributed by atoms with Crippen LogP contribution in [0.1, 0.15) is 12.8 Å². The Hall–Kier alpha value is -0.250. The number of halogens is 2. The van der Waals surface area contributed by atoms with Crippen molar-refractivity contribution in [2.45, 2.75) is 18.4 Å². The van der Waals surface area contributed by atoms with Gasteiger partial charge in [0.15, 0.2) is 0 Å². The van der Waals surface area contributed by atoms with Gasteiger partial charge in [0, 0.05) is 10.2 Å². The van der Waals surface area contributed by atoms with E-state index in [0.717, 1.165) is 23.0 Å². The molecule has 0 unspecified atom stereocenters. The number of aliphatic hydroxyl groups excluding tert-OH is 1. The summed E-state index contributed by atoms with van der Waals surface area (Å²) in [5.41, 5.74) is 0.917. The number of hydrogen-bond donors (Lipinski definition) is 2. The quantitative estimate of drug-likeness (QED) is 0.889. The Morgan fingerprint density at radius 1 is 1.50 bits per heavy atom. The summed E-state index contributed by atoms with van der Waals surface area (Å²) in [7, 11) is 0. The third-order valence-corrected chi connectivity index (χ3v) is 3.70. The molecule has 2 N–H and O–H groups in total. The largest absolute Gasteiger partial charge is 0.394 e. The van der Waals surface area contributed by atoms with Crippen LogP contribution in [-0.2, 0) is 0 Å². The average molecular weight is 277 g/mol. The minimum Gasteiger partial charge on any atom is -0.394 e. The molecule has 4 heteroatoms. The second kappa shape index (κ2) is 3.72. The molecular formula is C10H11BrClNO. The predicted octanol–water partition coefficient (Wildman–Crippen LogP) is 3.04. The second-order valence-electron chi connectivity index (χ2n) is 3.69. The van der Waals surface area contributed by atoms with Crippen molar-refractivity contribution in [1.29, 1.82) is 0 Å². The monoisotopic (exact) mass is 275 g/mol. The Bertz CT molecular complexity index is 352. The molecule has 0 radical (unpaired) electrons. The van der Waals surface area contributed by atoms with Crippen LogP contribution in [0.3, 0.4) is 0 Å². The van der Waals surface area contributed by atoms with Crippen molar-refractivity contribution in [3.05, 3.63) is 27.7 Å². The molecule has 1 aliphatic carbocycles. The van der Waals surface area contributed by atoms with E-state index in [0.29, 0.717) is 5.02 Å². The molecule has 0 heterocycles. The summed E-state index contributed by atoms with van der Waals surface area (Å²) in [6.07, 6.45) is 2.06. The average Bonchev–Trinajstić information content (AvgIpc) is 2.93. The van der Waals surface area contributed by atoms with Crippen molar-refractivity contribution in [3.8, 4) is 0 Å². The summed E-state index contributed by atoms with van der Waals surface area (Å²) in [6.45, 7) is 0.188. The van der Waals surface area contributed by atoms with Crippen LogP contribution in [0, 0.1) is 0 Å². The van der Waals surface area contributed by atoms with Gasteiger partial charge in [-0.05, 0) is 47.0 Å². The van der Waals surface area contributed by atoms with Crippen LogP contribution in [-0.4, -0.2) is 17.3 Å². The summed E-state index contributed by atoms with van der Waals surface area (Å²) in [6, 6.07) is 5.68. The zero-order chi connectivity index (χ0) is 10.2. The zero-order valence-corrected chi connectivity index (χ0v) is 9.90. The molecule has 1 saturated carbocycles. The number of aliphatic hydroxyl groups is 1. The third kappa shape index (κ3) is 2.05. The summed E-state index contributed by atoms with van der Waals surface area (Å²) in [5.74, 6) is 0. The lowest BCUT2D eigenvalue weighted by molar-refractivity contribution is 0.266. The molecule has 0 aromatic heterocycles. The molecule has 1 aliphatic rings. The van der Waals surface area contributed by atoms with E-state index in [-0.39, 0.29) is 12.1 Å². The van der Waals surface area contributed by atoms with Gasteiger partial charge in [-0.15, -0.1) is 0 Å². The lowest BCUT2D eigenvalue weighted by atomic mass is 10.2. The van der Waals surface area contributed by atoms with Gasteiger partial charge in [-0.1, -0.05) is 11.6 Å². The van der Waals surface area contributed by atoms with Crippen LogP contribution in [0.2, 0.25) is 5.02 Å². The highest BCUT2D eigenvalue weighted by Gasteiger charge is 2.41. The highest BCUT2D eigenvalue weighted by atomic mass is 79.9. The lowest BCUT2D eigenvalue weighted by Crippen LogP contribution is -2.25. The first-order valence-corrected chi connectivity index (χ1v) is 5.66. The van der Waals surface area contributed by atoms with Gasteiger partial charge in [0.25, 0.3) is 0 Å². The van der Waals surface area contributed by atoms with E-state index in [1.807, 2.05) is 18.2 Å². The molecule has 0 saturated heterocycles. The van der Waals surface area contributed by atoms with Gasteiger partial charge in [0.05, 0.1) is 17.2 Å². The van der Waals surface area contributed by atoms with Crippen molar-refractivity contribution < 1.29 is 5.11 Å². The van der Waals surface area contributed by atoms with Crippen molar-refractivity contribution >= 4 is 33.2 Å². The Balaban J connectivity index is 2.14. The van der Waals surface area contributed by atoms with E-state index in [2.05, 4.69) is 21.2 Å². The normalized spacial score (nSPS) is 17.9. The van der Waals surface area contributed by atoms with Crippen LogP contribution in [0.5, 0.6) is 0 Å². The Kier molecular flexibility index (Phi) is 2.73. The fraction of sp³-hybridized carbons (Fsp3) is 0.400. The first-order valence-electron chi connectivity index (χ1n) is 4.49. The van der Waals surface area contributed by atoms with Gasteiger partial charge in [-0.25, -0.2) is 0 Å². The molecule has 2 nitrogen and oxygen atoms in total. The smallest absolute Gasteiger partial charge is 0.0661 e. The molecule has 0 spiro atoms. The van der Waals surface area contributed by atoms with Crippen molar-refractivity contribution in [2.24, 2.45) is 0 Å². The van der Waals surface area contributed by atoms with Crippen molar-refractivity contribution in [2.75, 3.05) is 11.9 Å². The number of nitrogens with one attached hydrogen (secondary N) is 1. The van der Waals surface area contributed by atoms with Gasteiger partial charge in [-0.3, -0.25) is 0 Å². The minimum absolute atomic E-state index is 0.0761. The predicted molar refractivity (Wildman–Crippen MR) is 61.8 cm³/mol. The fourth-order valence-corrected chi connectivity index (χ4v) is 1.85. The Morgan fingerprint density at radius 2 is 2.21 bits per heavy atom. The highest BCUT2D eigenvalue weighted by molar-refractivity contribution is 9.10. The number of hydrogen-bond acceptors (Lipinski definition) is 2. The van der Waals surface area contributed by atoms with Crippen LogP contribution in [0.4, 0.5) is 5.69 Å². The maximum Gasteiger partial charge on any atom is 0.0661 e. The molecule has 1 fully saturated rings. The summed E-state index contributed by atoms with van der Waals surface area (Å²) in [4.78, 5) is 0. The Morgan fingerprint density at radius 3 is 2.71 bits per heavy atom. The van der Waals surface area contributed by atoms with E-state index in [1.54, 1.807) is 0 Å². The van der Waals surface area contributed by atoms with E-state index in [9.17, 15) is 0 Å². The van der Waals surface area contributed by atoms with Crippen molar-refractivity contribution in [3.63, 3.8) is 0 Å². The summed E-state index contributed by atoms with van der Waals surface area (Å²) >= 11 is 9.24. The molecule has 1 aromatic carbocycles. The molecule has 0 atom stereocenters. The second-order valence-corrected chi connectivity index (χ2v) is 4.95. The molecule has 2 rings (SSSR count). The molecular weight excluding hydrogens is 265 g/mol. The standard InChI is InChI=1S/C10H11BrClNO/c11-8-5-7(1-2-9(8)12)13-10(6-14)3-4-10/h1-2,5,13-14H,3-4,6H2. The van der Waals surface area contributed by atoms with Gasteiger partial charge >= 0.3 is 0 Å². The van der Waals surface area contributed by atoms with E-state index < -0.39 is 0 Å². The fourth-order valence-electron chi connectivity index (χ4n) is 1.35. The molecule has 1 aromatic rings. The lowest BCUT2D eigenvalue weighted by Gasteiger charge is -2.16. The molecule has 14 heavy (non-hydrogen) atoms. The van der Waals surface area contributed by atoms with Gasteiger partial charge in [0.2, 0.25) is 0 Å². The molecule has 0 aliphatic heterocycles. The van der Waals surface area contributed by atoms with Crippen LogP contribution in [0.15, 0.2) is 22.7 Å². The number of benzene rings is 1. The van der Waals surface area contributed by atoms with Crippen molar-refractivity contribution in [1.82, 2.24) is 0 Å². The van der Waals surface area contributed by atoms with Gasteiger partial charge in [-0.2, -0.15) is 0 Å². The number of rotatable bonds is 3. The maximum atomic E-state index is 9.14. The first-order chi connectivity index (χ1) is 6.65. The first kappa shape index (κ1) is 10.3. The molecule has 0 bridgehead atoms. The topological polar surface area (TPSA) is 32.3 Å². The minimum atomic E-state index is -0.0761. The van der Waals surface area contributed by atoms with Gasteiger partial charge < -0.3 is 10.4 Å². The van der Waals surface area contributed by atoms with Crippen LogP contribution >= 0.6 is 27.5 Å². The Labute approximate surface area is 96.4 Å². The maximum absolute atomic E-state index is 9.14. The van der Waals surface area contributed by atoms with Gasteiger partial charge in [0.1, 0.15) is 0 Å². The highest BCUT2D eigenvalue weighted by Crippen LogP contribution is 2.39.